The molecule has 1 atom stereocenters. The van der Waals surface area contributed by atoms with Gasteiger partial charge in [-0.1, -0.05) is 48.9 Å². The maximum Gasteiger partial charge on any atom is -0.00822 e. The van der Waals surface area contributed by atoms with E-state index in [1.165, 1.54) is 41.7 Å². The zero-order chi connectivity index (χ0) is 14.0. The number of aryl methyl sites for hydroxylation is 2. The van der Waals surface area contributed by atoms with Crippen LogP contribution in [0.2, 0.25) is 0 Å². The second-order valence-corrected chi connectivity index (χ2v) is 6.88. The molecule has 0 aliphatic heterocycles. The Hall–Kier alpha value is -1.82. The third-order valence-corrected chi connectivity index (χ3v) is 5.80. The topological polar surface area (TPSA) is 0 Å². The summed E-state index contributed by atoms with van der Waals surface area (Å²) in [5, 5.41) is 6.14. The molecule has 0 N–H and O–H groups in total. The first-order chi connectivity index (χ1) is 10.3. The minimum atomic E-state index is 0.796. The molecular formula is C21H20. The first kappa shape index (κ1) is 11.8. The van der Waals surface area contributed by atoms with Crippen molar-refractivity contribution in [2.75, 3.05) is 0 Å². The van der Waals surface area contributed by atoms with Crippen LogP contribution >= 0.6 is 0 Å². The summed E-state index contributed by atoms with van der Waals surface area (Å²) in [5.41, 5.74) is 6.57. The van der Waals surface area contributed by atoms with Crippen LogP contribution in [0.1, 0.15) is 36.5 Å². The predicted molar refractivity (Wildman–Crippen MR) is 89.7 cm³/mol. The fourth-order valence-electron chi connectivity index (χ4n) is 4.71. The van der Waals surface area contributed by atoms with E-state index in [1.807, 2.05) is 0 Å². The second-order valence-electron chi connectivity index (χ2n) is 6.88. The lowest BCUT2D eigenvalue weighted by Gasteiger charge is -2.21. The Kier molecular flexibility index (Phi) is 2.30. The van der Waals surface area contributed by atoms with Crippen molar-refractivity contribution in [2.45, 2.75) is 39.0 Å². The molecule has 0 radical (unpaired) electrons. The van der Waals surface area contributed by atoms with Crippen molar-refractivity contribution in [1.29, 1.82) is 0 Å². The van der Waals surface area contributed by atoms with E-state index in [0.717, 1.165) is 12.3 Å². The van der Waals surface area contributed by atoms with Gasteiger partial charge in [0.1, 0.15) is 0 Å². The van der Waals surface area contributed by atoms with Gasteiger partial charge in [-0.15, -0.1) is 0 Å². The Morgan fingerprint density at radius 2 is 1.95 bits per heavy atom. The van der Waals surface area contributed by atoms with Gasteiger partial charge >= 0.3 is 0 Å². The molecule has 3 aliphatic carbocycles. The van der Waals surface area contributed by atoms with Gasteiger partial charge in [0.2, 0.25) is 0 Å². The van der Waals surface area contributed by atoms with E-state index >= 15 is 0 Å². The van der Waals surface area contributed by atoms with Crippen molar-refractivity contribution in [3.63, 3.8) is 0 Å². The molecule has 0 saturated carbocycles. The van der Waals surface area contributed by atoms with Crippen LogP contribution in [0.25, 0.3) is 22.4 Å². The molecule has 0 heterocycles. The number of hydrogen-bond donors (Lipinski definition) is 0. The zero-order valence-electron chi connectivity index (χ0n) is 12.6. The quantitative estimate of drug-likeness (QED) is 0.689. The average Bonchev–Trinajstić information content (AvgIpc) is 2.97. The molecule has 0 nitrogen and oxygen atoms in total. The predicted octanol–water partition coefficient (Wildman–Crippen LogP) is 3.41. The van der Waals surface area contributed by atoms with Crippen molar-refractivity contribution in [3.8, 4) is 0 Å². The fraction of sp³-hybridized carbons (Fsp3) is 0.333. The van der Waals surface area contributed by atoms with Crippen molar-refractivity contribution in [2.24, 2.45) is 5.92 Å². The highest BCUT2D eigenvalue weighted by molar-refractivity contribution is 5.92. The lowest BCUT2D eigenvalue weighted by Crippen LogP contribution is -2.23. The molecule has 0 bridgehead atoms. The first-order valence-electron chi connectivity index (χ1n) is 8.29. The Morgan fingerprint density at radius 3 is 2.90 bits per heavy atom. The Balaban J connectivity index is 1.97. The SMILES string of the molecule is CC1CCc2cc3c4c(ccc3c3c2=C1CC3)=CC=CC4. The number of rotatable bonds is 0. The summed E-state index contributed by atoms with van der Waals surface area (Å²) in [4.78, 5) is 0. The van der Waals surface area contributed by atoms with Gasteiger partial charge in [0.25, 0.3) is 0 Å². The van der Waals surface area contributed by atoms with Gasteiger partial charge in [0.05, 0.1) is 0 Å². The van der Waals surface area contributed by atoms with Crippen molar-refractivity contribution in [1.82, 2.24) is 0 Å². The van der Waals surface area contributed by atoms with Crippen LogP contribution in [0.15, 0.2) is 30.4 Å². The van der Waals surface area contributed by atoms with E-state index in [9.17, 15) is 0 Å². The van der Waals surface area contributed by atoms with Crippen LogP contribution in [0.3, 0.4) is 0 Å². The summed E-state index contributed by atoms with van der Waals surface area (Å²) in [5.74, 6) is 0.796. The lowest BCUT2D eigenvalue weighted by atomic mass is 9.84. The van der Waals surface area contributed by atoms with E-state index in [-0.39, 0.29) is 0 Å². The molecule has 0 aromatic heterocycles. The van der Waals surface area contributed by atoms with Gasteiger partial charge < -0.3 is 0 Å². The molecule has 3 aliphatic rings. The zero-order valence-corrected chi connectivity index (χ0v) is 12.6. The Morgan fingerprint density at radius 1 is 1.00 bits per heavy atom. The van der Waals surface area contributed by atoms with Gasteiger partial charge in [-0.25, -0.2) is 0 Å². The number of hydrogen-bond acceptors (Lipinski definition) is 0. The normalized spacial score (nSPS) is 22.1. The smallest absolute Gasteiger partial charge is 0.00822 e. The molecule has 5 rings (SSSR count). The van der Waals surface area contributed by atoms with E-state index in [1.54, 1.807) is 27.5 Å². The van der Waals surface area contributed by atoms with Gasteiger partial charge in [-0.05, 0) is 75.9 Å². The highest BCUT2D eigenvalue weighted by atomic mass is 14.3. The molecule has 21 heavy (non-hydrogen) atoms. The molecule has 0 amide bonds. The summed E-state index contributed by atoms with van der Waals surface area (Å²) in [7, 11) is 0. The minimum absolute atomic E-state index is 0.796. The van der Waals surface area contributed by atoms with Crippen molar-refractivity contribution >= 4 is 22.4 Å². The summed E-state index contributed by atoms with van der Waals surface area (Å²) in [6.07, 6.45) is 13.0. The summed E-state index contributed by atoms with van der Waals surface area (Å²) < 4.78 is 0. The molecule has 0 heteroatoms. The van der Waals surface area contributed by atoms with Crippen LogP contribution < -0.4 is 10.4 Å². The van der Waals surface area contributed by atoms with Crippen molar-refractivity contribution < 1.29 is 0 Å². The molecule has 0 fully saturated rings. The highest BCUT2D eigenvalue weighted by Gasteiger charge is 2.25. The number of fused-ring (bicyclic) bond motifs is 4. The highest BCUT2D eigenvalue weighted by Crippen LogP contribution is 2.34. The monoisotopic (exact) mass is 272 g/mol. The van der Waals surface area contributed by atoms with Gasteiger partial charge in [-0.2, -0.15) is 0 Å². The second kappa shape index (κ2) is 4.10. The van der Waals surface area contributed by atoms with E-state index in [2.05, 4.69) is 43.4 Å². The maximum absolute atomic E-state index is 2.52. The summed E-state index contributed by atoms with van der Waals surface area (Å²) in [6.45, 7) is 2.42. The maximum atomic E-state index is 2.52. The molecule has 2 aromatic rings. The third-order valence-electron chi connectivity index (χ3n) is 5.80. The molecule has 0 spiro atoms. The molecule has 1 unspecified atom stereocenters. The summed E-state index contributed by atoms with van der Waals surface area (Å²) >= 11 is 0. The molecule has 2 aromatic carbocycles. The molecule has 0 saturated heterocycles. The summed E-state index contributed by atoms with van der Waals surface area (Å²) in [6, 6.07) is 7.23. The fourth-order valence-corrected chi connectivity index (χ4v) is 4.71. The number of allylic oxidation sites excluding steroid dienone is 2. The Bertz CT molecular complexity index is 925. The lowest BCUT2D eigenvalue weighted by molar-refractivity contribution is 0.632. The van der Waals surface area contributed by atoms with Crippen LogP contribution in [0.4, 0.5) is 0 Å². The van der Waals surface area contributed by atoms with Crippen LogP contribution in [-0.4, -0.2) is 0 Å². The number of benzene rings is 2. The standard InChI is InChI=1S/C21H20/c1-13-6-7-15-12-20-17-5-3-2-4-14(17)8-9-18(20)19-11-10-16(13)21(15)19/h2-4,8-9,12-13H,5-7,10-11H2,1H3. The van der Waals surface area contributed by atoms with Gasteiger partial charge in [0.15, 0.2) is 0 Å². The first-order valence-corrected chi connectivity index (χ1v) is 8.29. The van der Waals surface area contributed by atoms with Gasteiger partial charge in [0, 0.05) is 0 Å². The van der Waals surface area contributed by atoms with E-state index in [0.29, 0.717) is 0 Å². The van der Waals surface area contributed by atoms with Crippen LogP contribution in [-0.2, 0) is 19.3 Å². The molecule has 104 valence electrons. The van der Waals surface area contributed by atoms with E-state index < -0.39 is 0 Å². The Labute approximate surface area is 125 Å². The minimum Gasteiger partial charge on any atom is -0.0801 e. The van der Waals surface area contributed by atoms with Crippen molar-refractivity contribution in [3.05, 3.63) is 57.5 Å². The molecular weight excluding hydrogens is 252 g/mol. The van der Waals surface area contributed by atoms with Crippen LogP contribution in [0, 0.1) is 5.92 Å². The van der Waals surface area contributed by atoms with E-state index in [4.69, 9.17) is 0 Å². The third kappa shape index (κ3) is 1.51. The average molecular weight is 272 g/mol. The van der Waals surface area contributed by atoms with Crippen LogP contribution in [0.5, 0.6) is 0 Å². The largest absolute Gasteiger partial charge is 0.0801 e. The van der Waals surface area contributed by atoms with Gasteiger partial charge in [-0.3, -0.25) is 0 Å².